The lowest BCUT2D eigenvalue weighted by Gasteiger charge is -2.40. The van der Waals surface area contributed by atoms with Gasteiger partial charge in [-0.1, -0.05) is 55.4 Å². The molecule has 1 aliphatic rings. The first-order valence-corrected chi connectivity index (χ1v) is 9.25. The molecule has 0 unspecified atom stereocenters. The highest BCUT2D eigenvalue weighted by atomic mass is 16.7. The average molecular weight is 413 g/mol. The quantitative estimate of drug-likeness (QED) is 0.471. The average Bonchev–Trinajstić information content (AvgIpc) is 2.62. The van der Waals surface area contributed by atoms with Gasteiger partial charge in [-0.2, -0.15) is 0 Å². The van der Waals surface area contributed by atoms with E-state index in [1.807, 2.05) is 13.8 Å². The molecular formula is C20H44O8. The summed E-state index contributed by atoms with van der Waals surface area (Å²) in [4.78, 5) is 9.90. The van der Waals surface area contributed by atoms with E-state index in [1.165, 1.54) is 0 Å². The molecule has 0 aromatic carbocycles. The Morgan fingerprint density at radius 1 is 0.857 bits per heavy atom. The van der Waals surface area contributed by atoms with Crippen LogP contribution >= 0.6 is 0 Å². The van der Waals surface area contributed by atoms with Crippen LogP contribution < -0.4 is 0 Å². The molecule has 172 valence electrons. The molecule has 28 heavy (non-hydrogen) atoms. The molecule has 1 rings (SSSR count). The van der Waals surface area contributed by atoms with Gasteiger partial charge in [-0.05, 0) is 0 Å². The maximum Gasteiger partial charge on any atom is 0.164 e. The molecule has 1 aliphatic heterocycles. The Labute approximate surface area is 170 Å². The minimum absolute atomic E-state index is 0. The van der Waals surface area contributed by atoms with Crippen LogP contribution in [0.25, 0.3) is 0 Å². The summed E-state index contributed by atoms with van der Waals surface area (Å²) < 4.78 is 11.1. The van der Waals surface area contributed by atoms with E-state index in [0.29, 0.717) is 13.2 Å². The zero-order valence-corrected chi connectivity index (χ0v) is 18.9. The van der Waals surface area contributed by atoms with Gasteiger partial charge in [-0.25, -0.2) is 0 Å². The number of ether oxygens (including phenoxy) is 2. The van der Waals surface area contributed by atoms with Crippen LogP contribution in [0, 0.1) is 21.7 Å². The van der Waals surface area contributed by atoms with Gasteiger partial charge in [0, 0.05) is 21.7 Å². The SMILES string of the molecule is CC(C)(C=O)CO.CC(C)(CO)CO.CC1(C)COC(C(C)(C)CO)OC1.O. The van der Waals surface area contributed by atoms with E-state index < -0.39 is 5.41 Å². The van der Waals surface area contributed by atoms with E-state index in [0.717, 1.165) is 6.29 Å². The Morgan fingerprint density at radius 2 is 1.25 bits per heavy atom. The van der Waals surface area contributed by atoms with Crippen molar-refractivity contribution in [2.75, 3.05) is 39.6 Å². The molecule has 0 aromatic rings. The highest BCUT2D eigenvalue weighted by Gasteiger charge is 2.37. The second kappa shape index (κ2) is 13.6. The fraction of sp³-hybridized carbons (Fsp3) is 0.950. The molecule has 1 saturated heterocycles. The minimum Gasteiger partial charge on any atom is -0.412 e. The second-order valence-corrected chi connectivity index (χ2v) is 10.0. The third-order valence-electron chi connectivity index (χ3n) is 3.88. The van der Waals surface area contributed by atoms with Gasteiger partial charge in [0.1, 0.15) is 6.29 Å². The van der Waals surface area contributed by atoms with Gasteiger partial charge in [0.05, 0.1) is 39.6 Å². The van der Waals surface area contributed by atoms with Crippen LogP contribution in [-0.4, -0.2) is 78.1 Å². The molecule has 0 radical (unpaired) electrons. The maximum atomic E-state index is 9.90. The number of carbonyl (C=O) groups excluding carboxylic acids is 1. The fourth-order valence-corrected chi connectivity index (χ4v) is 1.31. The molecule has 1 heterocycles. The van der Waals surface area contributed by atoms with E-state index in [9.17, 15) is 4.79 Å². The van der Waals surface area contributed by atoms with E-state index >= 15 is 0 Å². The number of carbonyl (C=O) groups is 1. The Balaban J connectivity index is -0.000000360. The molecule has 8 nitrogen and oxygen atoms in total. The standard InChI is InChI=1S/C10H20O3.C5H12O2.C5H10O2.H2O/c1-9(2)6-12-8(13-7-9)10(3,4)5-11;2*1-5(2,3-6)4-7;/h8,11H,5-7H2,1-4H3;6-7H,3-4H2,1-2H3;3,7H,4H2,1-2H3;1H2. The monoisotopic (exact) mass is 412 g/mol. The first-order chi connectivity index (χ1) is 12.1. The van der Waals surface area contributed by atoms with Crippen molar-refractivity contribution in [1.82, 2.24) is 0 Å². The smallest absolute Gasteiger partial charge is 0.164 e. The number of aliphatic hydroxyl groups is 4. The zero-order chi connectivity index (χ0) is 21.9. The largest absolute Gasteiger partial charge is 0.412 e. The van der Waals surface area contributed by atoms with E-state index in [1.54, 1.807) is 27.7 Å². The van der Waals surface area contributed by atoms with Gasteiger partial charge >= 0.3 is 0 Å². The van der Waals surface area contributed by atoms with E-state index in [4.69, 9.17) is 29.9 Å². The summed E-state index contributed by atoms with van der Waals surface area (Å²) in [6.07, 6.45) is 0.470. The lowest BCUT2D eigenvalue weighted by atomic mass is 9.90. The van der Waals surface area contributed by atoms with Crippen LogP contribution in [0.3, 0.4) is 0 Å². The third kappa shape index (κ3) is 14.4. The second-order valence-electron chi connectivity index (χ2n) is 10.0. The summed E-state index contributed by atoms with van der Waals surface area (Å²) in [6, 6.07) is 0. The molecule has 8 heteroatoms. The summed E-state index contributed by atoms with van der Waals surface area (Å²) >= 11 is 0. The lowest BCUT2D eigenvalue weighted by molar-refractivity contribution is -0.267. The summed E-state index contributed by atoms with van der Waals surface area (Å²) in [5.41, 5.74) is -1.06. The highest BCUT2D eigenvalue weighted by molar-refractivity contribution is 5.57. The van der Waals surface area contributed by atoms with Crippen LogP contribution in [0.15, 0.2) is 0 Å². The molecule has 0 aliphatic carbocycles. The first kappa shape index (κ1) is 32.1. The Kier molecular flexibility index (Phi) is 15.6. The molecule has 1 fully saturated rings. The summed E-state index contributed by atoms with van der Waals surface area (Å²) in [6.45, 7) is 16.5. The fourth-order valence-electron chi connectivity index (χ4n) is 1.31. The molecule has 0 saturated carbocycles. The number of hydrogen-bond acceptors (Lipinski definition) is 7. The van der Waals surface area contributed by atoms with Crippen molar-refractivity contribution in [3.05, 3.63) is 0 Å². The van der Waals surface area contributed by atoms with Gasteiger partial charge < -0.3 is 40.2 Å². The van der Waals surface area contributed by atoms with Crippen molar-refractivity contribution in [1.29, 1.82) is 0 Å². The van der Waals surface area contributed by atoms with Crippen LogP contribution in [0.5, 0.6) is 0 Å². The van der Waals surface area contributed by atoms with Crippen LogP contribution in [0.4, 0.5) is 0 Å². The van der Waals surface area contributed by atoms with Gasteiger partial charge in [0.25, 0.3) is 0 Å². The third-order valence-corrected chi connectivity index (χ3v) is 3.88. The van der Waals surface area contributed by atoms with Crippen LogP contribution in [0.1, 0.15) is 55.4 Å². The predicted octanol–water partition coefficient (Wildman–Crippen LogP) is 0.780. The topological polar surface area (TPSA) is 148 Å². The van der Waals surface area contributed by atoms with Crippen molar-refractivity contribution in [3.63, 3.8) is 0 Å². The van der Waals surface area contributed by atoms with Crippen molar-refractivity contribution in [2.24, 2.45) is 21.7 Å². The van der Waals surface area contributed by atoms with Gasteiger partial charge in [0.2, 0.25) is 0 Å². The van der Waals surface area contributed by atoms with Crippen molar-refractivity contribution in [2.45, 2.75) is 61.7 Å². The highest BCUT2D eigenvalue weighted by Crippen LogP contribution is 2.31. The molecular weight excluding hydrogens is 368 g/mol. The van der Waals surface area contributed by atoms with Crippen LogP contribution in [-0.2, 0) is 14.3 Å². The minimum atomic E-state index is -0.542. The molecule has 0 amide bonds. The first-order valence-electron chi connectivity index (χ1n) is 9.25. The Bertz CT molecular complexity index is 389. The van der Waals surface area contributed by atoms with Gasteiger partial charge in [0.15, 0.2) is 6.29 Å². The normalized spacial score (nSPS) is 17.3. The molecule has 6 N–H and O–H groups in total. The summed E-state index contributed by atoms with van der Waals surface area (Å²) in [7, 11) is 0. The number of rotatable bonds is 6. The van der Waals surface area contributed by atoms with Crippen molar-refractivity contribution in [3.8, 4) is 0 Å². The summed E-state index contributed by atoms with van der Waals surface area (Å²) in [5.74, 6) is 0. The van der Waals surface area contributed by atoms with E-state index in [2.05, 4.69) is 13.8 Å². The van der Waals surface area contributed by atoms with E-state index in [-0.39, 0.29) is 54.4 Å². The summed E-state index contributed by atoms with van der Waals surface area (Å²) in [5, 5.41) is 34.3. The maximum absolute atomic E-state index is 9.90. The van der Waals surface area contributed by atoms with Crippen molar-refractivity contribution >= 4 is 6.29 Å². The molecule has 0 spiro atoms. The number of aliphatic hydroxyl groups excluding tert-OH is 4. The predicted molar refractivity (Wildman–Crippen MR) is 109 cm³/mol. The number of aldehydes is 1. The molecule has 0 bridgehead atoms. The zero-order valence-electron chi connectivity index (χ0n) is 18.9. The van der Waals surface area contributed by atoms with Gasteiger partial charge in [-0.15, -0.1) is 0 Å². The molecule has 0 atom stereocenters. The van der Waals surface area contributed by atoms with Gasteiger partial charge in [-0.3, -0.25) is 0 Å². The Hall–Kier alpha value is -0.610. The van der Waals surface area contributed by atoms with Crippen molar-refractivity contribution < 1.29 is 40.2 Å². The van der Waals surface area contributed by atoms with Crippen LogP contribution in [0.2, 0.25) is 0 Å². The molecule has 0 aromatic heterocycles. The number of hydrogen-bond donors (Lipinski definition) is 4. The Morgan fingerprint density at radius 3 is 1.43 bits per heavy atom. The lowest BCUT2D eigenvalue weighted by Crippen LogP contribution is -2.46.